The Hall–Kier alpha value is -1.98. The molecule has 0 radical (unpaired) electrons. The van der Waals surface area contributed by atoms with Gasteiger partial charge in [-0.15, -0.1) is 0 Å². The predicted molar refractivity (Wildman–Crippen MR) is 71.1 cm³/mol. The molecule has 0 aliphatic rings. The minimum absolute atomic E-state index is 0.344. The van der Waals surface area contributed by atoms with E-state index in [0.717, 1.165) is 5.56 Å². The Morgan fingerprint density at radius 1 is 1.32 bits per heavy atom. The first-order valence-electron chi connectivity index (χ1n) is 5.88. The van der Waals surface area contributed by atoms with E-state index in [-0.39, 0.29) is 5.82 Å². The minimum atomic E-state index is -0.425. The Balaban J connectivity index is 2.50. The summed E-state index contributed by atoms with van der Waals surface area (Å²) in [6, 6.07) is 7.68. The van der Waals surface area contributed by atoms with Gasteiger partial charge in [-0.2, -0.15) is 0 Å². The molecular weight excluding hydrogens is 245 g/mol. The van der Waals surface area contributed by atoms with Crippen molar-refractivity contribution in [3.8, 4) is 5.75 Å². The summed E-state index contributed by atoms with van der Waals surface area (Å²) in [4.78, 5) is 4.27. The lowest BCUT2D eigenvalue weighted by Gasteiger charge is -2.19. The number of pyridine rings is 1. The van der Waals surface area contributed by atoms with Crippen molar-refractivity contribution in [2.45, 2.75) is 13.0 Å². The Labute approximate surface area is 111 Å². The number of hydrogen-bond donors (Lipinski definition) is 2. The van der Waals surface area contributed by atoms with E-state index in [0.29, 0.717) is 17.0 Å². The lowest BCUT2D eigenvalue weighted by Crippen LogP contribution is -2.30. The first-order chi connectivity index (χ1) is 9.15. The number of aromatic nitrogens is 1. The number of methoxy groups -OCH3 is 1. The molecule has 1 heterocycles. The zero-order valence-corrected chi connectivity index (χ0v) is 10.9. The summed E-state index contributed by atoms with van der Waals surface area (Å²) in [5, 5.41) is 0. The summed E-state index contributed by atoms with van der Waals surface area (Å²) < 4.78 is 18.7. The molecular formula is C14H16FN3O. The third-order valence-corrected chi connectivity index (χ3v) is 2.90. The van der Waals surface area contributed by atoms with Crippen LogP contribution in [0.1, 0.15) is 22.9 Å². The molecule has 0 aliphatic carbocycles. The van der Waals surface area contributed by atoms with E-state index < -0.39 is 6.04 Å². The maximum Gasteiger partial charge on any atom is 0.124 e. The summed E-state index contributed by atoms with van der Waals surface area (Å²) in [6.45, 7) is 1.96. The molecule has 2 rings (SSSR count). The van der Waals surface area contributed by atoms with Gasteiger partial charge in [-0.25, -0.2) is 9.82 Å². The topological polar surface area (TPSA) is 60.2 Å². The van der Waals surface area contributed by atoms with Gasteiger partial charge in [-0.05, 0) is 42.8 Å². The molecule has 0 saturated heterocycles. The van der Waals surface area contributed by atoms with Gasteiger partial charge in [0.1, 0.15) is 11.6 Å². The van der Waals surface area contributed by atoms with Gasteiger partial charge in [-0.1, -0.05) is 0 Å². The summed E-state index contributed by atoms with van der Waals surface area (Å²) in [7, 11) is 1.54. The van der Waals surface area contributed by atoms with Crippen LogP contribution in [0.5, 0.6) is 5.75 Å². The number of hydrazine groups is 1. The molecule has 4 nitrogen and oxygen atoms in total. The number of hydrogen-bond acceptors (Lipinski definition) is 4. The summed E-state index contributed by atoms with van der Waals surface area (Å²) >= 11 is 0. The normalized spacial score (nSPS) is 12.2. The van der Waals surface area contributed by atoms with Crippen LogP contribution in [-0.2, 0) is 0 Å². The van der Waals surface area contributed by atoms with Crippen molar-refractivity contribution in [1.29, 1.82) is 0 Å². The number of aryl methyl sites for hydroxylation is 1. The first-order valence-corrected chi connectivity index (χ1v) is 5.88. The van der Waals surface area contributed by atoms with Crippen LogP contribution >= 0.6 is 0 Å². The minimum Gasteiger partial charge on any atom is -0.496 e. The zero-order valence-electron chi connectivity index (χ0n) is 10.9. The third-order valence-electron chi connectivity index (χ3n) is 2.90. The van der Waals surface area contributed by atoms with Crippen molar-refractivity contribution < 1.29 is 9.13 Å². The van der Waals surface area contributed by atoms with Crippen molar-refractivity contribution >= 4 is 0 Å². The molecule has 1 atom stereocenters. The van der Waals surface area contributed by atoms with Crippen LogP contribution in [-0.4, -0.2) is 12.1 Å². The molecule has 3 N–H and O–H groups in total. The van der Waals surface area contributed by atoms with Gasteiger partial charge in [0.2, 0.25) is 0 Å². The molecule has 0 spiro atoms. The zero-order chi connectivity index (χ0) is 13.8. The second kappa shape index (κ2) is 5.77. The summed E-state index contributed by atoms with van der Waals surface area (Å²) in [5.41, 5.74) is 5.04. The van der Waals surface area contributed by atoms with E-state index in [4.69, 9.17) is 10.6 Å². The molecule has 0 fully saturated rings. The van der Waals surface area contributed by atoms with E-state index >= 15 is 0 Å². The van der Waals surface area contributed by atoms with E-state index in [9.17, 15) is 4.39 Å². The standard InChI is InChI=1S/C14H16FN3O/c1-9-5-6-17-12(7-9)14(18-16)11-8-10(15)3-4-13(11)19-2/h3-8,14,18H,16H2,1-2H3. The number of benzene rings is 1. The highest BCUT2D eigenvalue weighted by atomic mass is 19.1. The highest BCUT2D eigenvalue weighted by Gasteiger charge is 2.19. The maximum absolute atomic E-state index is 13.4. The average molecular weight is 261 g/mol. The Morgan fingerprint density at radius 3 is 2.74 bits per heavy atom. The van der Waals surface area contributed by atoms with Gasteiger partial charge >= 0.3 is 0 Å². The van der Waals surface area contributed by atoms with Crippen LogP contribution in [0.3, 0.4) is 0 Å². The maximum atomic E-state index is 13.4. The number of nitrogens with two attached hydrogens (primary N) is 1. The quantitative estimate of drug-likeness (QED) is 0.653. The largest absolute Gasteiger partial charge is 0.496 e. The van der Waals surface area contributed by atoms with Gasteiger partial charge < -0.3 is 4.74 Å². The Kier molecular flexibility index (Phi) is 4.09. The molecule has 0 amide bonds. The van der Waals surface area contributed by atoms with Gasteiger partial charge in [0.25, 0.3) is 0 Å². The van der Waals surface area contributed by atoms with Crippen molar-refractivity contribution in [3.05, 3.63) is 59.2 Å². The van der Waals surface area contributed by atoms with E-state index in [2.05, 4.69) is 10.4 Å². The molecule has 1 aromatic carbocycles. The monoisotopic (exact) mass is 261 g/mol. The molecule has 5 heteroatoms. The van der Waals surface area contributed by atoms with Crippen molar-refractivity contribution in [2.75, 3.05) is 7.11 Å². The molecule has 0 saturated carbocycles. The van der Waals surface area contributed by atoms with Gasteiger partial charge in [0.05, 0.1) is 18.8 Å². The fourth-order valence-electron chi connectivity index (χ4n) is 1.98. The molecule has 2 aromatic rings. The second-order valence-electron chi connectivity index (χ2n) is 4.24. The van der Waals surface area contributed by atoms with Crippen LogP contribution in [0.4, 0.5) is 4.39 Å². The second-order valence-corrected chi connectivity index (χ2v) is 4.24. The summed E-state index contributed by atoms with van der Waals surface area (Å²) in [6.07, 6.45) is 1.70. The smallest absolute Gasteiger partial charge is 0.124 e. The summed E-state index contributed by atoms with van der Waals surface area (Å²) in [5.74, 6) is 5.81. The molecule has 1 unspecified atom stereocenters. The lowest BCUT2D eigenvalue weighted by molar-refractivity contribution is 0.402. The van der Waals surface area contributed by atoms with Crippen molar-refractivity contribution in [1.82, 2.24) is 10.4 Å². The fraction of sp³-hybridized carbons (Fsp3) is 0.214. The highest BCUT2D eigenvalue weighted by Crippen LogP contribution is 2.29. The number of nitrogens with zero attached hydrogens (tertiary/aromatic N) is 1. The van der Waals surface area contributed by atoms with Gasteiger partial charge in [0, 0.05) is 11.8 Å². The van der Waals surface area contributed by atoms with Crippen LogP contribution < -0.4 is 16.0 Å². The Bertz CT molecular complexity index is 574. The van der Waals surface area contributed by atoms with Crippen molar-refractivity contribution in [3.63, 3.8) is 0 Å². The van der Waals surface area contributed by atoms with Crippen LogP contribution in [0.2, 0.25) is 0 Å². The van der Waals surface area contributed by atoms with E-state index in [1.807, 2.05) is 19.1 Å². The SMILES string of the molecule is COc1ccc(F)cc1C(NN)c1cc(C)ccn1. The van der Waals surface area contributed by atoms with Gasteiger partial charge in [0.15, 0.2) is 0 Å². The van der Waals surface area contributed by atoms with Crippen LogP contribution in [0.15, 0.2) is 36.5 Å². The average Bonchev–Trinajstić information content (AvgIpc) is 2.40. The number of ether oxygens (including phenoxy) is 1. The molecule has 0 bridgehead atoms. The fourth-order valence-corrected chi connectivity index (χ4v) is 1.98. The van der Waals surface area contributed by atoms with Crippen LogP contribution in [0.25, 0.3) is 0 Å². The van der Waals surface area contributed by atoms with Crippen molar-refractivity contribution in [2.24, 2.45) is 5.84 Å². The highest BCUT2D eigenvalue weighted by molar-refractivity contribution is 5.40. The van der Waals surface area contributed by atoms with E-state index in [1.165, 1.54) is 19.2 Å². The number of nitrogens with one attached hydrogen (secondary N) is 1. The molecule has 19 heavy (non-hydrogen) atoms. The van der Waals surface area contributed by atoms with E-state index in [1.54, 1.807) is 12.3 Å². The Morgan fingerprint density at radius 2 is 2.11 bits per heavy atom. The predicted octanol–water partition coefficient (Wildman–Crippen LogP) is 2.09. The number of halogens is 1. The molecule has 1 aromatic heterocycles. The third kappa shape index (κ3) is 2.89. The van der Waals surface area contributed by atoms with Gasteiger partial charge in [-0.3, -0.25) is 10.8 Å². The molecule has 100 valence electrons. The van der Waals surface area contributed by atoms with Crippen LogP contribution in [0, 0.1) is 12.7 Å². The number of rotatable bonds is 4. The lowest BCUT2D eigenvalue weighted by atomic mass is 10.0. The first kappa shape index (κ1) is 13.5. The molecule has 0 aliphatic heterocycles.